The Morgan fingerprint density at radius 2 is 1.85 bits per heavy atom. The molecule has 0 bridgehead atoms. The summed E-state index contributed by atoms with van der Waals surface area (Å²) in [4.78, 5) is 16.4. The Kier molecular flexibility index (Phi) is 5.79. The highest BCUT2D eigenvalue weighted by Crippen LogP contribution is 2.34. The van der Waals surface area contributed by atoms with Gasteiger partial charge in [-0.2, -0.15) is 13.2 Å². The van der Waals surface area contributed by atoms with E-state index in [0.717, 1.165) is 12.1 Å². The molecule has 142 valence electrons. The van der Waals surface area contributed by atoms with Crippen molar-refractivity contribution in [2.24, 2.45) is 5.41 Å². The van der Waals surface area contributed by atoms with E-state index in [1.807, 2.05) is 20.8 Å². The first kappa shape index (κ1) is 20.3. The second-order valence-corrected chi connectivity index (χ2v) is 6.83. The molecule has 27 heavy (non-hydrogen) atoms. The molecule has 0 aliphatic rings. The molecular formula is C20H19F3N2O2. The number of nitrogens with one attached hydrogen (secondary N) is 1. The lowest BCUT2D eigenvalue weighted by Crippen LogP contribution is -2.14. The van der Waals surface area contributed by atoms with Crippen LogP contribution in [0.15, 0.2) is 36.5 Å². The maximum atomic E-state index is 13.0. The molecule has 1 amide bonds. The molecule has 7 heteroatoms. The lowest BCUT2D eigenvalue weighted by Gasteiger charge is -2.12. The Hall–Kier alpha value is -3.01. The summed E-state index contributed by atoms with van der Waals surface area (Å²) in [7, 11) is 1.25. The Morgan fingerprint density at radius 1 is 1.15 bits per heavy atom. The molecule has 1 aromatic carbocycles. The van der Waals surface area contributed by atoms with Gasteiger partial charge in [0.15, 0.2) is 0 Å². The minimum Gasteiger partial charge on any atom is -0.497 e. The van der Waals surface area contributed by atoms with Gasteiger partial charge in [-0.1, -0.05) is 5.92 Å². The van der Waals surface area contributed by atoms with Gasteiger partial charge in [-0.05, 0) is 51.0 Å². The molecule has 1 heterocycles. The van der Waals surface area contributed by atoms with Crippen molar-refractivity contribution in [3.05, 3.63) is 53.3 Å². The van der Waals surface area contributed by atoms with Gasteiger partial charge in [0.1, 0.15) is 11.4 Å². The predicted octanol–water partition coefficient (Wildman–Crippen LogP) is 4.76. The number of benzene rings is 1. The summed E-state index contributed by atoms with van der Waals surface area (Å²) in [6.45, 7) is 5.89. The smallest absolute Gasteiger partial charge is 0.416 e. The standard InChI is InChI=1S/C20H19F3N2O2/c1-19(2,3)8-7-15-6-5-13(12-24-15)18(26)25-16-9-14(20(21,22)23)10-17(11-16)27-4/h5-6,9-12H,1-4H3,(H,25,26). The Labute approximate surface area is 155 Å². The number of amides is 1. The van der Waals surface area contributed by atoms with Gasteiger partial charge in [0.05, 0.1) is 18.2 Å². The average Bonchev–Trinajstić information content (AvgIpc) is 2.58. The molecular weight excluding hydrogens is 357 g/mol. The van der Waals surface area contributed by atoms with Gasteiger partial charge < -0.3 is 10.1 Å². The zero-order valence-corrected chi connectivity index (χ0v) is 15.4. The van der Waals surface area contributed by atoms with E-state index >= 15 is 0 Å². The van der Waals surface area contributed by atoms with Gasteiger partial charge in [0, 0.05) is 23.4 Å². The number of methoxy groups -OCH3 is 1. The second-order valence-electron chi connectivity index (χ2n) is 6.83. The molecule has 0 fully saturated rings. The van der Waals surface area contributed by atoms with E-state index in [4.69, 9.17) is 4.74 Å². The van der Waals surface area contributed by atoms with Crippen molar-refractivity contribution >= 4 is 11.6 Å². The van der Waals surface area contributed by atoms with Gasteiger partial charge in [0.25, 0.3) is 5.91 Å². The maximum Gasteiger partial charge on any atom is 0.416 e. The number of hydrogen-bond donors (Lipinski definition) is 1. The van der Waals surface area contributed by atoms with Crippen LogP contribution in [0.4, 0.5) is 18.9 Å². The summed E-state index contributed by atoms with van der Waals surface area (Å²) >= 11 is 0. The van der Waals surface area contributed by atoms with Crippen molar-refractivity contribution < 1.29 is 22.7 Å². The van der Waals surface area contributed by atoms with Gasteiger partial charge in [-0.25, -0.2) is 4.98 Å². The summed E-state index contributed by atoms with van der Waals surface area (Å²) in [5.74, 6) is 5.34. The van der Waals surface area contributed by atoms with E-state index in [1.165, 1.54) is 25.4 Å². The molecule has 2 aromatic rings. The molecule has 1 aromatic heterocycles. The average molecular weight is 376 g/mol. The third-order valence-corrected chi connectivity index (χ3v) is 3.32. The molecule has 0 atom stereocenters. The minimum absolute atomic E-state index is 0.00828. The fourth-order valence-electron chi connectivity index (χ4n) is 2.01. The first-order valence-corrected chi connectivity index (χ1v) is 8.05. The maximum absolute atomic E-state index is 13.0. The van der Waals surface area contributed by atoms with Crippen molar-refractivity contribution in [1.82, 2.24) is 4.98 Å². The normalized spacial score (nSPS) is 11.4. The number of halogens is 3. The lowest BCUT2D eigenvalue weighted by atomic mass is 9.98. The monoisotopic (exact) mass is 376 g/mol. The van der Waals surface area contributed by atoms with Crippen LogP contribution in [0.2, 0.25) is 0 Å². The third-order valence-electron chi connectivity index (χ3n) is 3.32. The summed E-state index contributed by atoms with van der Waals surface area (Å²) in [6, 6.07) is 6.11. The van der Waals surface area contributed by atoms with E-state index < -0.39 is 17.6 Å². The molecule has 0 aliphatic carbocycles. The SMILES string of the molecule is COc1cc(NC(=O)c2ccc(C#CC(C)(C)C)nc2)cc(C(F)(F)F)c1. The molecule has 0 saturated heterocycles. The molecule has 4 nitrogen and oxygen atoms in total. The first-order chi connectivity index (χ1) is 12.5. The third kappa shape index (κ3) is 6.03. The second kappa shape index (κ2) is 7.70. The number of pyridine rings is 1. The highest BCUT2D eigenvalue weighted by Gasteiger charge is 2.31. The highest BCUT2D eigenvalue weighted by molar-refractivity contribution is 6.04. The van der Waals surface area contributed by atoms with Crippen molar-refractivity contribution in [1.29, 1.82) is 0 Å². The van der Waals surface area contributed by atoms with Gasteiger partial charge in [0.2, 0.25) is 0 Å². The van der Waals surface area contributed by atoms with Crippen LogP contribution in [0.5, 0.6) is 5.75 Å². The van der Waals surface area contributed by atoms with E-state index in [2.05, 4.69) is 22.1 Å². The Balaban J connectivity index is 2.21. The summed E-state index contributed by atoms with van der Waals surface area (Å²) in [5.41, 5.74) is -0.415. The molecule has 0 aliphatic heterocycles. The number of nitrogens with zero attached hydrogens (tertiary/aromatic N) is 1. The highest BCUT2D eigenvalue weighted by atomic mass is 19.4. The van der Waals surface area contributed by atoms with Crippen LogP contribution in [-0.4, -0.2) is 18.0 Å². The number of hydrogen-bond acceptors (Lipinski definition) is 3. The number of alkyl halides is 3. The fourth-order valence-corrected chi connectivity index (χ4v) is 2.01. The molecule has 1 N–H and O–H groups in total. The lowest BCUT2D eigenvalue weighted by molar-refractivity contribution is -0.137. The zero-order chi connectivity index (χ0) is 20.2. The summed E-state index contributed by atoms with van der Waals surface area (Å²) in [5, 5.41) is 2.43. The van der Waals surface area contributed by atoms with E-state index in [0.29, 0.717) is 5.69 Å². The summed E-state index contributed by atoms with van der Waals surface area (Å²) in [6.07, 6.45) is -3.23. The van der Waals surface area contributed by atoms with Crippen LogP contribution in [0.3, 0.4) is 0 Å². The number of ether oxygens (including phenoxy) is 1. The largest absolute Gasteiger partial charge is 0.497 e. The van der Waals surface area contributed by atoms with E-state index in [-0.39, 0.29) is 22.4 Å². The summed E-state index contributed by atoms with van der Waals surface area (Å²) < 4.78 is 43.7. The Bertz CT molecular complexity index is 887. The first-order valence-electron chi connectivity index (χ1n) is 8.05. The van der Waals surface area contributed by atoms with Gasteiger partial charge in [-0.15, -0.1) is 0 Å². The number of carbonyl (C=O) groups excluding carboxylic acids is 1. The Morgan fingerprint density at radius 3 is 2.37 bits per heavy atom. The minimum atomic E-state index is -4.55. The van der Waals surface area contributed by atoms with Crippen LogP contribution < -0.4 is 10.1 Å². The number of aromatic nitrogens is 1. The van der Waals surface area contributed by atoms with Crippen molar-refractivity contribution in [2.45, 2.75) is 26.9 Å². The van der Waals surface area contributed by atoms with E-state index in [1.54, 1.807) is 6.07 Å². The molecule has 2 rings (SSSR count). The predicted molar refractivity (Wildman–Crippen MR) is 96.5 cm³/mol. The quantitative estimate of drug-likeness (QED) is 0.786. The van der Waals surface area contributed by atoms with Crippen molar-refractivity contribution in [3.8, 4) is 17.6 Å². The van der Waals surface area contributed by atoms with Crippen LogP contribution in [0.1, 0.15) is 42.4 Å². The number of anilines is 1. The molecule has 0 radical (unpaired) electrons. The molecule has 0 spiro atoms. The van der Waals surface area contributed by atoms with Crippen LogP contribution in [0, 0.1) is 17.3 Å². The van der Waals surface area contributed by atoms with Crippen molar-refractivity contribution in [3.63, 3.8) is 0 Å². The van der Waals surface area contributed by atoms with Gasteiger partial charge >= 0.3 is 6.18 Å². The van der Waals surface area contributed by atoms with E-state index in [9.17, 15) is 18.0 Å². The van der Waals surface area contributed by atoms with Crippen LogP contribution >= 0.6 is 0 Å². The number of carbonyl (C=O) groups is 1. The molecule has 0 saturated carbocycles. The topological polar surface area (TPSA) is 51.2 Å². The fraction of sp³-hybridized carbons (Fsp3) is 0.300. The van der Waals surface area contributed by atoms with Crippen molar-refractivity contribution in [2.75, 3.05) is 12.4 Å². The van der Waals surface area contributed by atoms with Crippen LogP contribution in [0.25, 0.3) is 0 Å². The molecule has 0 unspecified atom stereocenters. The zero-order valence-electron chi connectivity index (χ0n) is 15.4. The number of rotatable bonds is 3. The van der Waals surface area contributed by atoms with Gasteiger partial charge in [-0.3, -0.25) is 4.79 Å². The van der Waals surface area contributed by atoms with Crippen LogP contribution in [-0.2, 0) is 6.18 Å².